The van der Waals surface area contributed by atoms with Gasteiger partial charge in [-0.15, -0.1) is 0 Å². The van der Waals surface area contributed by atoms with E-state index in [0.29, 0.717) is 11.8 Å². The lowest BCUT2D eigenvalue weighted by Gasteiger charge is -2.29. The monoisotopic (exact) mass is 534 g/mol. The fraction of sp³-hybridized carbons (Fsp3) is 0.839. The van der Waals surface area contributed by atoms with Crippen molar-refractivity contribution in [3.8, 4) is 0 Å². The third-order valence-corrected chi connectivity index (χ3v) is 8.74. The standard InChI is InChI=1S/C31H50O7/c1-22(32)30(31(33)34-2)24-19-23-21-27(38-29-15-9-12-18-37-29)25(26(23)20-24)13-7-5-3-4-6-10-16-35-28-14-8-11-17-36-28/h7,13,19,22-23,25-30,32H,3-6,8-12,14-18,20-21H2,1-2H3/t22?,23?,25-,26?,27+,28?,29?,30?/m1/s1. The molecule has 0 aromatic carbocycles. The van der Waals surface area contributed by atoms with Gasteiger partial charge in [0.05, 0.1) is 19.3 Å². The molecule has 4 rings (SSSR count). The van der Waals surface area contributed by atoms with Crippen molar-refractivity contribution in [1.82, 2.24) is 0 Å². The van der Waals surface area contributed by atoms with Crippen molar-refractivity contribution in [2.75, 3.05) is 26.9 Å². The predicted octanol–water partition coefficient (Wildman–Crippen LogP) is 5.70. The lowest BCUT2D eigenvalue weighted by Crippen LogP contribution is -2.32. The highest BCUT2D eigenvalue weighted by molar-refractivity contribution is 5.76. The Hall–Kier alpha value is -1.25. The molecule has 3 fully saturated rings. The van der Waals surface area contributed by atoms with Gasteiger partial charge in [-0.1, -0.05) is 36.6 Å². The zero-order valence-corrected chi connectivity index (χ0v) is 23.6. The molecule has 0 bridgehead atoms. The maximum Gasteiger partial charge on any atom is 0.315 e. The van der Waals surface area contributed by atoms with E-state index in [0.717, 1.165) is 83.2 Å². The second kappa shape index (κ2) is 15.5. The van der Waals surface area contributed by atoms with Crippen molar-refractivity contribution in [3.63, 3.8) is 0 Å². The van der Waals surface area contributed by atoms with Crippen LogP contribution in [0.3, 0.4) is 0 Å². The molecule has 38 heavy (non-hydrogen) atoms. The summed E-state index contributed by atoms with van der Waals surface area (Å²) in [5, 5.41) is 10.3. The lowest BCUT2D eigenvalue weighted by atomic mass is 9.86. The number of hydrogen-bond acceptors (Lipinski definition) is 7. The molecular formula is C31H50O7. The zero-order chi connectivity index (χ0) is 26.7. The molecule has 216 valence electrons. The highest BCUT2D eigenvalue weighted by Crippen LogP contribution is 2.50. The normalized spacial score (nSPS) is 33.2. The second-order valence-electron chi connectivity index (χ2n) is 11.6. The quantitative estimate of drug-likeness (QED) is 0.174. The molecule has 8 atom stereocenters. The molecule has 7 heteroatoms. The number of methoxy groups -OCH3 is 1. The minimum absolute atomic E-state index is 0.0187. The summed E-state index contributed by atoms with van der Waals surface area (Å²) < 4.78 is 28.9. The summed E-state index contributed by atoms with van der Waals surface area (Å²) in [6, 6.07) is 0. The molecule has 0 aromatic heterocycles. The number of aliphatic hydroxyl groups is 1. The van der Waals surface area contributed by atoms with Crippen molar-refractivity contribution in [2.24, 2.45) is 23.7 Å². The van der Waals surface area contributed by atoms with Crippen LogP contribution in [0.4, 0.5) is 0 Å². The Morgan fingerprint density at radius 3 is 2.50 bits per heavy atom. The summed E-state index contributed by atoms with van der Waals surface area (Å²) in [4.78, 5) is 12.4. The summed E-state index contributed by atoms with van der Waals surface area (Å²) in [6.45, 7) is 4.09. The number of carbonyl (C=O) groups is 1. The van der Waals surface area contributed by atoms with E-state index in [-0.39, 0.29) is 30.6 Å². The van der Waals surface area contributed by atoms with Crippen molar-refractivity contribution in [2.45, 2.75) is 115 Å². The molecule has 4 aliphatic rings. The average molecular weight is 535 g/mol. The van der Waals surface area contributed by atoms with Crippen LogP contribution in [0.5, 0.6) is 0 Å². The van der Waals surface area contributed by atoms with Gasteiger partial charge in [-0.05, 0) is 89.4 Å². The van der Waals surface area contributed by atoms with E-state index in [2.05, 4.69) is 18.2 Å². The zero-order valence-electron chi connectivity index (χ0n) is 23.6. The van der Waals surface area contributed by atoms with Gasteiger partial charge in [0.2, 0.25) is 0 Å². The van der Waals surface area contributed by atoms with Crippen LogP contribution in [-0.4, -0.2) is 62.8 Å². The maximum atomic E-state index is 12.4. The Bertz CT molecular complexity index is 766. The maximum absolute atomic E-state index is 12.4. The molecule has 2 aliphatic heterocycles. The summed E-state index contributed by atoms with van der Waals surface area (Å²) in [7, 11) is 1.39. The second-order valence-corrected chi connectivity index (χ2v) is 11.6. The number of hydrogen-bond donors (Lipinski definition) is 1. The van der Waals surface area contributed by atoms with Crippen LogP contribution >= 0.6 is 0 Å². The molecule has 2 saturated heterocycles. The SMILES string of the molecule is COC(=O)C(C1=CC2C[C@H](OC3CCCCO3)[C@H](C=CCCCCCCOC3CCCCO3)C2C1)C(C)O. The topological polar surface area (TPSA) is 83.5 Å². The number of ether oxygens (including phenoxy) is 5. The van der Waals surface area contributed by atoms with Gasteiger partial charge in [-0.3, -0.25) is 4.79 Å². The summed E-state index contributed by atoms with van der Waals surface area (Å²) in [5.74, 6) is 0.103. The molecule has 0 spiro atoms. The molecule has 0 amide bonds. The van der Waals surface area contributed by atoms with Gasteiger partial charge in [0.25, 0.3) is 0 Å². The number of unbranched alkanes of at least 4 members (excludes halogenated alkanes) is 4. The Kier molecular flexibility index (Phi) is 12.1. The van der Waals surface area contributed by atoms with Crippen LogP contribution in [0.2, 0.25) is 0 Å². The first-order valence-electron chi connectivity index (χ1n) is 15.2. The predicted molar refractivity (Wildman–Crippen MR) is 145 cm³/mol. The van der Waals surface area contributed by atoms with Gasteiger partial charge >= 0.3 is 5.97 Å². The number of fused-ring (bicyclic) bond motifs is 1. The number of rotatable bonds is 14. The van der Waals surface area contributed by atoms with Crippen molar-refractivity contribution < 1.29 is 33.6 Å². The van der Waals surface area contributed by atoms with Crippen LogP contribution in [0.25, 0.3) is 0 Å². The van der Waals surface area contributed by atoms with E-state index in [1.807, 2.05) is 0 Å². The smallest absolute Gasteiger partial charge is 0.315 e. The fourth-order valence-corrected chi connectivity index (χ4v) is 6.73. The molecule has 7 nitrogen and oxygen atoms in total. The highest BCUT2D eigenvalue weighted by atomic mass is 16.7. The van der Waals surface area contributed by atoms with Crippen LogP contribution in [0.1, 0.15) is 90.4 Å². The van der Waals surface area contributed by atoms with E-state index in [4.69, 9.17) is 23.7 Å². The van der Waals surface area contributed by atoms with E-state index in [1.165, 1.54) is 32.8 Å². The van der Waals surface area contributed by atoms with Crippen LogP contribution in [-0.2, 0) is 28.5 Å². The van der Waals surface area contributed by atoms with Crippen LogP contribution < -0.4 is 0 Å². The summed E-state index contributed by atoms with van der Waals surface area (Å²) in [6.07, 6.45) is 20.3. The van der Waals surface area contributed by atoms with E-state index in [1.54, 1.807) is 6.92 Å². The van der Waals surface area contributed by atoms with Crippen molar-refractivity contribution in [1.29, 1.82) is 0 Å². The van der Waals surface area contributed by atoms with Gasteiger partial charge in [0.1, 0.15) is 5.92 Å². The third kappa shape index (κ3) is 8.37. The lowest BCUT2D eigenvalue weighted by molar-refractivity contribution is -0.192. The molecule has 2 aliphatic carbocycles. The van der Waals surface area contributed by atoms with Gasteiger partial charge < -0.3 is 28.8 Å². The largest absolute Gasteiger partial charge is 0.468 e. The Morgan fingerprint density at radius 1 is 1.08 bits per heavy atom. The van der Waals surface area contributed by atoms with Gasteiger partial charge in [-0.2, -0.15) is 0 Å². The Balaban J connectivity index is 1.25. The van der Waals surface area contributed by atoms with Gasteiger partial charge in [-0.25, -0.2) is 0 Å². The molecule has 1 N–H and O–H groups in total. The van der Waals surface area contributed by atoms with Crippen LogP contribution in [0.15, 0.2) is 23.8 Å². The summed E-state index contributed by atoms with van der Waals surface area (Å²) >= 11 is 0. The number of aliphatic hydroxyl groups excluding tert-OH is 1. The molecule has 6 unspecified atom stereocenters. The Labute approximate surface area is 229 Å². The first kappa shape index (κ1) is 29.7. The van der Waals surface area contributed by atoms with Crippen molar-refractivity contribution >= 4 is 5.97 Å². The van der Waals surface area contributed by atoms with E-state index in [9.17, 15) is 9.90 Å². The van der Waals surface area contributed by atoms with E-state index < -0.39 is 12.0 Å². The number of carbonyl (C=O) groups excluding carboxylic acids is 1. The summed E-state index contributed by atoms with van der Waals surface area (Å²) in [5.41, 5.74) is 1.02. The molecule has 1 saturated carbocycles. The number of esters is 1. The van der Waals surface area contributed by atoms with E-state index >= 15 is 0 Å². The van der Waals surface area contributed by atoms with Crippen LogP contribution in [0, 0.1) is 23.7 Å². The minimum atomic E-state index is -0.759. The van der Waals surface area contributed by atoms with Gasteiger partial charge in [0, 0.05) is 25.7 Å². The molecule has 0 aromatic rings. The average Bonchev–Trinajstić information content (AvgIpc) is 3.46. The first-order chi connectivity index (χ1) is 18.6. The molecule has 2 heterocycles. The number of allylic oxidation sites excluding steroid dienone is 2. The first-order valence-corrected chi connectivity index (χ1v) is 15.2. The fourth-order valence-electron chi connectivity index (χ4n) is 6.73. The van der Waals surface area contributed by atoms with Gasteiger partial charge in [0.15, 0.2) is 12.6 Å². The van der Waals surface area contributed by atoms with Crippen molar-refractivity contribution in [3.05, 3.63) is 23.8 Å². The highest BCUT2D eigenvalue weighted by Gasteiger charge is 2.47. The molecule has 0 radical (unpaired) electrons. The molecular weight excluding hydrogens is 484 g/mol. The minimum Gasteiger partial charge on any atom is -0.468 e. The third-order valence-electron chi connectivity index (χ3n) is 8.74. The Morgan fingerprint density at radius 2 is 1.82 bits per heavy atom.